The number of hydrogen-bond donors (Lipinski definition) is 2. The summed E-state index contributed by atoms with van der Waals surface area (Å²) in [5.74, 6) is 1.22. The Morgan fingerprint density at radius 1 is 1.13 bits per heavy atom. The van der Waals surface area contributed by atoms with Crippen LogP contribution in [0.15, 0.2) is 59.6 Å². The van der Waals surface area contributed by atoms with Crippen LogP contribution in [-0.2, 0) is 16.4 Å². The Kier molecular flexibility index (Phi) is 8.69. The molecule has 1 radical (unpaired) electrons. The zero-order valence-corrected chi connectivity index (χ0v) is 23.3. The van der Waals surface area contributed by atoms with Gasteiger partial charge in [0.05, 0.1) is 10.6 Å². The van der Waals surface area contributed by atoms with Gasteiger partial charge in [-0.25, -0.2) is 17.7 Å². The minimum atomic E-state index is -3.59. The number of anilines is 3. The van der Waals surface area contributed by atoms with Crippen LogP contribution in [0, 0.1) is 18.9 Å². The van der Waals surface area contributed by atoms with E-state index in [1.807, 2.05) is 43.3 Å². The number of nitrogens with zero attached hydrogens (tertiary/aromatic N) is 3. The molecule has 4 rings (SSSR count). The summed E-state index contributed by atoms with van der Waals surface area (Å²) in [4.78, 5) is 20.1. The lowest BCUT2D eigenvalue weighted by Crippen LogP contribution is -2.36. The number of aryl methyl sites for hydroxylation is 2. The molecule has 1 aromatic heterocycles. The zero-order valence-electron chi connectivity index (χ0n) is 22.5. The van der Waals surface area contributed by atoms with Crippen LogP contribution >= 0.6 is 0 Å². The Labute approximate surface area is 226 Å². The number of pyridine rings is 1. The Bertz CT molecular complexity index is 1370. The van der Waals surface area contributed by atoms with Gasteiger partial charge in [0.2, 0.25) is 10.0 Å². The first-order chi connectivity index (χ1) is 18.2. The van der Waals surface area contributed by atoms with Crippen molar-refractivity contribution in [1.29, 1.82) is 0 Å². The molecule has 9 heteroatoms. The second kappa shape index (κ2) is 12.0. The number of hydrogen-bond acceptors (Lipinski definition) is 6. The van der Waals surface area contributed by atoms with Crippen molar-refractivity contribution in [3.63, 3.8) is 0 Å². The molecule has 0 unspecified atom stereocenters. The van der Waals surface area contributed by atoms with Gasteiger partial charge in [-0.3, -0.25) is 4.79 Å². The van der Waals surface area contributed by atoms with E-state index in [2.05, 4.69) is 26.6 Å². The topological polar surface area (TPSA) is 94.6 Å². The summed E-state index contributed by atoms with van der Waals surface area (Å²) in [6, 6.07) is 18.2. The molecule has 38 heavy (non-hydrogen) atoms. The van der Waals surface area contributed by atoms with E-state index in [0.717, 1.165) is 44.0 Å². The summed E-state index contributed by atoms with van der Waals surface area (Å²) in [7, 11) is -0.588. The molecule has 201 valence electrons. The predicted octanol–water partition coefficient (Wildman–Crippen LogP) is 4.58. The molecule has 0 aliphatic carbocycles. The van der Waals surface area contributed by atoms with Crippen molar-refractivity contribution in [2.45, 2.75) is 38.0 Å². The van der Waals surface area contributed by atoms with Gasteiger partial charge in [0.1, 0.15) is 5.82 Å². The van der Waals surface area contributed by atoms with Gasteiger partial charge in [-0.05, 0) is 79.6 Å². The van der Waals surface area contributed by atoms with E-state index in [1.54, 1.807) is 25.3 Å². The van der Waals surface area contributed by atoms with E-state index >= 15 is 0 Å². The van der Waals surface area contributed by atoms with Gasteiger partial charge in [0, 0.05) is 57.2 Å². The first-order valence-corrected chi connectivity index (χ1v) is 14.4. The van der Waals surface area contributed by atoms with Gasteiger partial charge in [0.15, 0.2) is 0 Å². The maximum atomic E-state index is 13.3. The summed E-state index contributed by atoms with van der Waals surface area (Å²) >= 11 is 0. The van der Waals surface area contributed by atoms with E-state index in [4.69, 9.17) is 0 Å². The monoisotopic (exact) mass is 534 g/mol. The largest absolute Gasteiger partial charge is 0.371 e. The number of amides is 1. The first kappa shape index (κ1) is 27.6. The summed E-state index contributed by atoms with van der Waals surface area (Å²) in [6.45, 7) is 6.43. The summed E-state index contributed by atoms with van der Waals surface area (Å²) < 4.78 is 26.5. The molecule has 0 atom stereocenters. The molecular formula is C29H36N5O3S. The SMILES string of the molecule is CCc1cc(S(=O)(=O)N(C)C)cc(C)c1C(=O)Nc1[c]c(N2CCC(CNc3ccccn3)CC2)ccc1. The van der Waals surface area contributed by atoms with Crippen molar-refractivity contribution in [1.82, 2.24) is 9.29 Å². The third-order valence-corrected chi connectivity index (χ3v) is 8.79. The Hall–Kier alpha value is -3.43. The number of carbonyl (C=O) groups is 1. The minimum Gasteiger partial charge on any atom is -0.371 e. The molecule has 1 saturated heterocycles. The maximum absolute atomic E-state index is 13.3. The van der Waals surface area contributed by atoms with E-state index in [0.29, 0.717) is 34.7 Å². The normalized spacial score (nSPS) is 14.5. The van der Waals surface area contributed by atoms with Crippen LogP contribution in [0.3, 0.4) is 0 Å². The van der Waals surface area contributed by atoms with E-state index < -0.39 is 10.0 Å². The first-order valence-electron chi connectivity index (χ1n) is 13.0. The maximum Gasteiger partial charge on any atom is 0.256 e. The van der Waals surface area contributed by atoms with Crippen molar-refractivity contribution in [2.75, 3.05) is 49.3 Å². The molecule has 2 N–H and O–H groups in total. The number of nitrogens with one attached hydrogen (secondary N) is 2. The third kappa shape index (κ3) is 6.34. The molecule has 1 fully saturated rings. The highest BCUT2D eigenvalue weighted by molar-refractivity contribution is 7.89. The number of rotatable bonds is 9. The third-order valence-electron chi connectivity index (χ3n) is 7.00. The van der Waals surface area contributed by atoms with Crippen LogP contribution in [0.25, 0.3) is 0 Å². The fraction of sp³-hybridized carbons (Fsp3) is 0.379. The average molecular weight is 535 g/mol. The molecule has 8 nitrogen and oxygen atoms in total. The second-order valence-electron chi connectivity index (χ2n) is 9.85. The van der Waals surface area contributed by atoms with E-state index in [-0.39, 0.29) is 10.8 Å². The molecule has 1 aliphatic heterocycles. The lowest BCUT2D eigenvalue weighted by molar-refractivity contribution is 0.102. The minimum absolute atomic E-state index is 0.195. The molecule has 2 aromatic carbocycles. The zero-order chi connectivity index (χ0) is 27.3. The highest BCUT2D eigenvalue weighted by Gasteiger charge is 2.23. The lowest BCUT2D eigenvalue weighted by atomic mass is 9.96. The summed E-state index contributed by atoms with van der Waals surface area (Å²) in [5.41, 5.74) is 3.38. The molecular weight excluding hydrogens is 498 g/mol. The van der Waals surface area contributed by atoms with Crippen LogP contribution in [0.4, 0.5) is 17.2 Å². The smallest absolute Gasteiger partial charge is 0.256 e. The van der Waals surface area contributed by atoms with Crippen molar-refractivity contribution in [2.24, 2.45) is 5.92 Å². The van der Waals surface area contributed by atoms with Crippen molar-refractivity contribution >= 4 is 33.1 Å². The molecule has 1 aliphatic rings. The standard InChI is InChI=1S/C29H36N5O3S/c1-5-23-18-26(38(36,37)33(3)4)17-21(2)28(23)29(35)32-24-9-8-10-25(19-24)34-15-12-22(13-16-34)20-31-27-11-6-7-14-30-27/h6-11,14,17-18,22H,5,12-13,15-16,20H2,1-4H3,(H,30,31)(H,32,35). The van der Waals surface area contributed by atoms with Crippen LogP contribution in [-0.4, -0.2) is 57.3 Å². The van der Waals surface area contributed by atoms with Gasteiger partial charge in [-0.15, -0.1) is 0 Å². The van der Waals surface area contributed by atoms with Crippen molar-refractivity contribution < 1.29 is 13.2 Å². The quantitative estimate of drug-likeness (QED) is 0.417. The second-order valence-corrected chi connectivity index (χ2v) is 12.0. The van der Waals surface area contributed by atoms with Gasteiger partial charge in [-0.2, -0.15) is 0 Å². The van der Waals surface area contributed by atoms with Crippen LogP contribution in [0.2, 0.25) is 0 Å². The van der Waals surface area contributed by atoms with Crippen molar-refractivity contribution in [3.8, 4) is 0 Å². The molecule has 3 aromatic rings. The number of carbonyl (C=O) groups excluding carboxylic acids is 1. The summed E-state index contributed by atoms with van der Waals surface area (Å²) in [6.07, 6.45) is 4.45. The number of benzene rings is 2. The Morgan fingerprint density at radius 2 is 1.89 bits per heavy atom. The number of piperidine rings is 1. The molecule has 2 heterocycles. The highest BCUT2D eigenvalue weighted by Crippen LogP contribution is 2.27. The highest BCUT2D eigenvalue weighted by atomic mass is 32.2. The molecule has 1 amide bonds. The molecule has 0 saturated carbocycles. The Balaban J connectivity index is 1.42. The Morgan fingerprint density at radius 3 is 2.55 bits per heavy atom. The molecule has 0 spiro atoms. The van der Waals surface area contributed by atoms with Crippen LogP contribution in [0.5, 0.6) is 0 Å². The van der Waals surface area contributed by atoms with Crippen molar-refractivity contribution in [3.05, 3.63) is 77.5 Å². The number of aromatic nitrogens is 1. The fourth-order valence-electron chi connectivity index (χ4n) is 4.78. The van der Waals surface area contributed by atoms with Gasteiger partial charge >= 0.3 is 0 Å². The predicted molar refractivity (Wildman–Crippen MR) is 152 cm³/mol. The molecule has 0 bridgehead atoms. The van der Waals surface area contributed by atoms with Gasteiger partial charge in [-0.1, -0.05) is 19.1 Å². The summed E-state index contributed by atoms with van der Waals surface area (Å²) in [5, 5.41) is 6.41. The fourth-order valence-corrected chi connectivity index (χ4v) is 5.82. The van der Waals surface area contributed by atoms with Crippen LogP contribution < -0.4 is 15.5 Å². The van der Waals surface area contributed by atoms with E-state index in [1.165, 1.54) is 18.4 Å². The van der Waals surface area contributed by atoms with E-state index in [9.17, 15) is 13.2 Å². The average Bonchev–Trinajstić information content (AvgIpc) is 2.92. The van der Waals surface area contributed by atoms with Gasteiger partial charge < -0.3 is 15.5 Å². The lowest BCUT2D eigenvalue weighted by Gasteiger charge is -2.33. The van der Waals surface area contributed by atoms with Gasteiger partial charge in [0.25, 0.3) is 5.91 Å². The van der Waals surface area contributed by atoms with Crippen LogP contribution in [0.1, 0.15) is 41.3 Å². The number of sulfonamides is 1.